The van der Waals surface area contributed by atoms with Gasteiger partial charge in [0, 0.05) is 0 Å². The van der Waals surface area contributed by atoms with Crippen molar-refractivity contribution < 1.29 is 13.9 Å². The largest absolute Gasteiger partial charge is 0.385 e. The summed E-state index contributed by atoms with van der Waals surface area (Å²) in [6.07, 6.45) is 1.98. The van der Waals surface area contributed by atoms with Crippen LogP contribution in [-0.2, 0) is 5.60 Å². The first-order chi connectivity index (χ1) is 7.50. The van der Waals surface area contributed by atoms with Gasteiger partial charge >= 0.3 is 0 Å². The lowest BCUT2D eigenvalue weighted by atomic mass is 9.85. The van der Waals surface area contributed by atoms with Gasteiger partial charge in [0.25, 0.3) is 0 Å². The van der Waals surface area contributed by atoms with Crippen molar-refractivity contribution in [2.24, 2.45) is 5.92 Å². The smallest absolute Gasteiger partial charge is 0.146 e. The number of halogens is 3. The molecule has 16 heavy (non-hydrogen) atoms. The average Bonchev–Trinajstić information content (AvgIpc) is 3.07. The Hall–Kier alpha value is -0.480. The molecule has 4 heteroatoms. The third-order valence-corrected chi connectivity index (χ3v) is 3.88. The van der Waals surface area contributed by atoms with Crippen molar-refractivity contribution in [1.82, 2.24) is 0 Å². The second-order valence-electron chi connectivity index (χ2n) is 4.27. The van der Waals surface area contributed by atoms with Gasteiger partial charge in [0.1, 0.15) is 11.6 Å². The van der Waals surface area contributed by atoms with Crippen LogP contribution in [0.15, 0.2) is 16.6 Å². The Labute approximate surface area is 102 Å². The lowest BCUT2D eigenvalue weighted by Crippen LogP contribution is -2.30. The van der Waals surface area contributed by atoms with E-state index in [0.717, 1.165) is 12.8 Å². The fourth-order valence-electron chi connectivity index (χ4n) is 2.15. The lowest BCUT2D eigenvalue weighted by Gasteiger charge is -2.28. The van der Waals surface area contributed by atoms with Gasteiger partial charge in [-0.2, -0.15) is 0 Å². The molecule has 1 atom stereocenters. The van der Waals surface area contributed by atoms with Gasteiger partial charge in [0.15, 0.2) is 0 Å². The number of rotatable bonds is 3. The van der Waals surface area contributed by atoms with Gasteiger partial charge < -0.3 is 5.11 Å². The van der Waals surface area contributed by atoms with Crippen molar-refractivity contribution in [3.63, 3.8) is 0 Å². The molecule has 1 fully saturated rings. The maximum atomic E-state index is 13.9. The fourth-order valence-corrected chi connectivity index (χ4v) is 2.48. The highest BCUT2D eigenvalue weighted by Gasteiger charge is 2.47. The molecule has 0 saturated heterocycles. The summed E-state index contributed by atoms with van der Waals surface area (Å²) >= 11 is 3.02. The quantitative estimate of drug-likeness (QED) is 0.841. The Balaban J connectivity index is 2.57. The highest BCUT2D eigenvalue weighted by atomic mass is 79.9. The molecule has 1 unspecified atom stereocenters. The highest BCUT2D eigenvalue weighted by molar-refractivity contribution is 9.10. The van der Waals surface area contributed by atoms with Gasteiger partial charge in [0.05, 0.1) is 15.6 Å². The Morgan fingerprint density at radius 1 is 1.44 bits per heavy atom. The summed E-state index contributed by atoms with van der Waals surface area (Å²) < 4.78 is 27.8. The summed E-state index contributed by atoms with van der Waals surface area (Å²) in [5.74, 6) is -1.37. The van der Waals surface area contributed by atoms with E-state index in [2.05, 4.69) is 15.9 Å². The molecule has 1 saturated carbocycles. The average molecular weight is 291 g/mol. The molecule has 88 valence electrons. The monoisotopic (exact) mass is 290 g/mol. The van der Waals surface area contributed by atoms with Gasteiger partial charge in [0.2, 0.25) is 0 Å². The molecule has 0 heterocycles. The summed E-state index contributed by atoms with van der Waals surface area (Å²) in [6.45, 7) is 1.75. The van der Waals surface area contributed by atoms with Crippen LogP contribution in [-0.4, -0.2) is 5.11 Å². The zero-order chi connectivity index (χ0) is 11.9. The molecule has 0 amide bonds. The Kier molecular flexibility index (Phi) is 3.05. The topological polar surface area (TPSA) is 20.2 Å². The molecular formula is C12H13BrF2O. The third-order valence-electron chi connectivity index (χ3n) is 3.27. The van der Waals surface area contributed by atoms with Crippen LogP contribution in [0.3, 0.4) is 0 Å². The van der Waals surface area contributed by atoms with Crippen LogP contribution in [0.25, 0.3) is 0 Å². The predicted octanol–water partition coefficient (Wildman–Crippen LogP) is 3.73. The van der Waals surface area contributed by atoms with E-state index in [4.69, 9.17) is 0 Å². The summed E-state index contributed by atoms with van der Waals surface area (Å²) in [4.78, 5) is 0. The predicted molar refractivity (Wildman–Crippen MR) is 61.0 cm³/mol. The van der Waals surface area contributed by atoms with Crippen molar-refractivity contribution in [1.29, 1.82) is 0 Å². The van der Waals surface area contributed by atoms with Crippen molar-refractivity contribution in [3.05, 3.63) is 33.8 Å². The van der Waals surface area contributed by atoms with Gasteiger partial charge in [-0.05, 0) is 53.2 Å². The molecule has 0 aromatic heterocycles. The van der Waals surface area contributed by atoms with E-state index in [-0.39, 0.29) is 16.0 Å². The standard InChI is InChI=1S/C12H13BrF2O/c1-2-12(16,7-3-4-7)10-9(14)6-5-8(13)11(10)15/h5-7,16H,2-4H2,1H3. The van der Waals surface area contributed by atoms with E-state index in [1.807, 2.05) is 0 Å². The number of aliphatic hydroxyl groups is 1. The van der Waals surface area contributed by atoms with Crippen molar-refractivity contribution in [2.75, 3.05) is 0 Å². The molecule has 0 bridgehead atoms. The molecule has 0 radical (unpaired) electrons. The van der Waals surface area contributed by atoms with Crippen LogP contribution < -0.4 is 0 Å². The minimum absolute atomic E-state index is 0.0178. The van der Waals surface area contributed by atoms with Crippen LogP contribution in [0, 0.1) is 17.6 Å². The van der Waals surface area contributed by atoms with Crippen LogP contribution in [0.2, 0.25) is 0 Å². The van der Waals surface area contributed by atoms with Crippen molar-refractivity contribution >= 4 is 15.9 Å². The fraction of sp³-hybridized carbons (Fsp3) is 0.500. The van der Waals surface area contributed by atoms with E-state index >= 15 is 0 Å². The molecule has 1 aliphatic rings. The van der Waals surface area contributed by atoms with E-state index in [9.17, 15) is 13.9 Å². The number of hydrogen-bond acceptors (Lipinski definition) is 1. The molecule has 1 aromatic rings. The zero-order valence-electron chi connectivity index (χ0n) is 8.93. The normalized spacial score (nSPS) is 19.6. The van der Waals surface area contributed by atoms with E-state index in [1.54, 1.807) is 6.92 Å². The van der Waals surface area contributed by atoms with Crippen molar-refractivity contribution in [3.8, 4) is 0 Å². The second-order valence-corrected chi connectivity index (χ2v) is 5.12. The maximum Gasteiger partial charge on any atom is 0.146 e. The first kappa shape index (κ1) is 12.0. The Morgan fingerprint density at radius 2 is 2.06 bits per heavy atom. The first-order valence-corrected chi connectivity index (χ1v) is 6.16. The summed E-state index contributed by atoms with van der Waals surface area (Å²) in [7, 11) is 0. The summed E-state index contributed by atoms with van der Waals surface area (Å²) in [5, 5.41) is 10.4. The second kappa shape index (κ2) is 4.08. The maximum absolute atomic E-state index is 13.9. The number of benzene rings is 1. The van der Waals surface area contributed by atoms with E-state index < -0.39 is 17.2 Å². The van der Waals surface area contributed by atoms with Crippen molar-refractivity contribution in [2.45, 2.75) is 31.8 Å². The van der Waals surface area contributed by atoms with Gasteiger partial charge in [-0.15, -0.1) is 0 Å². The Morgan fingerprint density at radius 3 is 2.56 bits per heavy atom. The van der Waals surface area contributed by atoms with Crippen LogP contribution in [0.1, 0.15) is 31.7 Å². The number of hydrogen-bond donors (Lipinski definition) is 1. The first-order valence-electron chi connectivity index (χ1n) is 5.37. The van der Waals surface area contributed by atoms with E-state index in [1.165, 1.54) is 12.1 Å². The molecule has 1 nitrogen and oxygen atoms in total. The minimum atomic E-state index is -1.36. The van der Waals surface area contributed by atoms with Gasteiger partial charge in [-0.3, -0.25) is 0 Å². The molecule has 1 N–H and O–H groups in total. The van der Waals surface area contributed by atoms with Crippen LogP contribution >= 0.6 is 15.9 Å². The molecular weight excluding hydrogens is 278 g/mol. The third kappa shape index (κ3) is 1.78. The highest BCUT2D eigenvalue weighted by Crippen LogP contribution is 2.49. The minimum Gasteiger partial charge on any atom is -0.385 e. The van der Waals surface area contributed by atoms with Crippen LogP contribution in [0.5, 0.6) is 0 Å². The van der Waals surface area contributed by atoms with Gasteiger partial charge in [-0.1, -0.05) is 6.92 Å². The molecule has 0 spiro atoms. The van der Waals surface area contributed by atoms with E-state index in [0.29, 0.717) is 6.42 Å². The Bertz CT molecular complexity index is 418. The zero-order valence-corrected chi connectivity index (χ0v) is 10.5. The summed E-state index contributed by atoms with van der Waals surface area (Å²) in [5.41, 5.74) is -1.55. The lowest BCUT2D eigenvalue weighted by molar-refractivity contribution is 0.00190. The molecule has 1 aliphatic carbocycles. The molecule has 0 aliphatic heterocycles. The molecule has 1 aromatic carbocycles. The molecule has 2 rings (SSSR count). The van der Waals surface area contributed by atoms with Crippen LogP contribution in [0.4, 0.5) is 8.78 Å². The SMILES string of the molecule is CCC(O)(c1c(F)ccc(Br)c1F)C1CC1. The van der Waals surface area contributed by atoms with Gasteiger partial charge in [-0.25, -0.2) is 8.78 Å². The summed E-state index contributed by atoms with van der Waals surface area (Å²) in [6, 6.07) is 2.50.